The van der Waals surface area contributed by atoms with Gasteiger partial charge in [-0.1, -0.05) is 24.3 Å². The van der Waals surface area contributed by atoms with E-state index in [0.717, 1.165) is 65.4 Å². The third-order valence-corrected chi connectivity index (χ3v) is 5.73. The largest absolute Gasteiger partial charge is 0.478 e. The molecule has 29 heavy (non-hydrogen) atoms. The summed E-state index contributed by atoms with van der Waals surface area (Å²) < 4.78 is 0. The molecule has 2 N–H and O–H groups in total. The number of rotatable bonds is 6. The SMILES string of the molecule is O=C(O)c1cccnc1N1CCN(Cc2ccc(CN3CCNCC3)cc2)CC1. The summed E-state index contributed by atoms with van der Waals surface area (Å²) in [6.45, 7) is 9.73. The Balaban J connectivity index is 1.29. The van der Waals surface area contributed by atoms with E-state index in [2.05, 4.69) is 49.3 Å². The zero-order chi connectivity index (χ0) is 20.1. The van der Waals surface area contributed by atoms with Crippen LogP contribution in [0.1, 0.15) is 21.5 Å². The fourth-order valence-electron chi connectivity index (χ4n) is 4.07. The Bertz CT molecular complexity index is 812. The lowest BCUT2D eigenvalue weighted by atomic mass is 10.1. The number of piperazine rings is 2. The maximum Gasteiger partial charge on any atom is 0.339 e. The van der Waals surface area contributed by atoms with Gasteiger partial charge in [0.1, 0.15) is 11.4 Å². The van der Waals surface area contributed by atoms with E-state index in [1.807, 2.05) is 0 Å². The molecule has 0 spiro atoms. The topological polar surface area (TPSA) is 71.9 Å². The van der Waals surface area contributed by atoms with E-state index in [1.165, 1.54) is 11.1 Å². The summed E-state index contributed by atoms with van der Waals surface area (Å²) in [5.41, 5.74) is 2.98. The van der Waals surface area contributed by atoms with Crippen molar-refractivity contribution in [2.45, 2.75) is 13.1 Å². The van der Waals surface area contributed by atoms with E-state index in [1.54, 1.807) is 18.3 Å². The number of nitrogens with zero attached hydrogens (tertiary/aromatic N) is 4. The minimum atomic E-state index is -0.920. The molecule has 2 saturated heterocycles. The van der Waals surface area contributed by atoms with E-state index >= 15 is 0 Å². The van der Waals surface area contributed by atoms with Gasteiger partial charge in [0.2, 0.25) is 0 Å². The van der Waals surface area contributed by atoms with Crippen molar-refractivity contribution < 1.29 is 9.90 Å². The maximum absolute atomic E-state index is 11.4. The summed E-state index contributed by atoms with van der Waals surface area (Å²) in [5.74, 6) is -0.339. The Morgan fingerprint density at radius 1 is 0.897 bits per heavy atom. The van der Waals surface area contributed by atoms with Crippen LogP contribution < -0.4 is 10.2 Å². The van der Waals surface area contributed by atoms with Crippen LogP contribution in [0.2, 0.25) is 0 Å². The molecule has 7 heteroatoms. The molecule has 2 aliphatic rings. The lowest BCUT2D eigenvalue weighted by Gasteiger charge is -2.35. The van der Waals surface area contributed by atoms with Gasteiger partial charge in [-0.25, -0.2) is 9.78 Å². The van der Waals surface area contributed by atoms with Gasteiger partial charge in [0.25, 0.3) is 0 Å². The summed E-state index contributed by atoms with van der Waals surface area (Å²) in [4.78, 5) is 22.7. The van der Waals surface area contributed by atoms with Gasteiger partial charge >= 0.3 is 5.97 Å². The molecule has 0 saturated carbocycles. The smallest absolute Gasteiger partial charge is 0.339 e. The minimum Gasteiger partial charge on any atom is -0.478 e. The number of nitrogens with one attached hydrogen (secondary N) is 1. The summed E-state index contributed by atoms with van der Waals surface area (Å²) in [6.07, 6.45) is 1.66. The Kier molecular flexibility index (Phi) is 6.39. The number of benzene rings is 1. The molecule has 0 unspecified atom stereocenters. The highest BCUT2D eigenvalue weighted by Gasteiger charge is 2.22. The molecule has 2 fully saturated rings. The lowest BCUT2D eigenvalue weighted by molar-refractivity contribution is 0.0697. The molecular formula is C22H29N5O2. The fraction of sp³-hybridized carbons (Fsp3) is 0.455. The molecule has 0 amide bonds. The van der Waals surface area contributed by atoms with Crippen LogP contribution in [-0.2, 0) is 13.1 Å². The van der Waals surface area contributed by atoms with Crippen molar-refractivity contribution in [2.75, 3.05) is 57.3 Å². The number of carbonyl (C=O) groups is 1. The summed E-state index contributed by atoms with van der Waals surface area (Å²) >= 11 is 0. The maximum atomic E-state index is 11.4. The average Bonchev–Trinajstić information content (AvgIpc) is 2.76. The zero-order valence-corrected chi connectivity index (χ0v) is 16.8. The third kappa shape index (κ3) is 5.12. The Labute approximate surface area is 171 Å². The Morgan fingerprint density at radius 2 is 1.48 bits per heavy atom. The van der Waals surface area contributed by atoms with Gasteiger partial charge < -0.3 is 15.3 Å². The van der Waals surface area contributed by atoms with Crippen LogP contribution in [-0.4, -0.2) is 78.2 Å². The first-order chi connectivity index (χ1) is 14.2. The molecule has 7 nitrogen and oxygen atoms in total. The predicted molar refractivity (Wildman–Crippen MR) is 113 cm³/mol. The number of pyridine rings is 1. The molecular weight excluding hydrogens is 366 g/mol. The highest BCUT2D eigenvalue weighted by molar-refractivity contribution is 5.93. The lowest BCUT2D eigenvalue weighted by Crippen LogP contribution is -2.46. The van der Waals surface area contributed by atoms with E-state index < -0.39 is 5.97 Å². The summed E-state index contributed by atoms with van der Waals surface area (Å²) in [5, 5.41) is 12.8. The van der Waals surface area contributed by atoms with Gasteiger partial charge in [-0.3, -0.25) is 9.80 Å². The molecule has 1 aromatic heterocycles. The van der Waals surface area contributed by atoms with Crippen LogP contribution in [0, 0.1) is 0 Å². The molecule has 0 bridgehead atoms. The number of carboxylic acids is 1. The monoisotopic (exact) mass is 395 g/mol. The number of carboxylic acid groups (broad SMARTS) is 1. The zero-order valence-electron chi connectivity index (χ0n) is 16.8. The van der Waals surface area contributed by atoms with E-state index in [4.69, 9.17) is 0 Å². The van der Waals surface area contributed by atoms with Crippen LogP contribution in [0.3, 0.4) is 0 Å². The van der Waals surface area contributed by atoms with E-state index in [9.17, 15) is 9.90 Å². The molecule has 4 rings (SSSR count). The predicted octanol–water partition coefficient (Wildman–Crippen LogP) is 1.51. The first-order valence-corrected chi connectivity index (χ1v) is 10.4. The number of aromatic nitrogens is 1. The van der Waals surface area contributed by atoms with Gasteiger partial charge in [0.15, 0.2) is 0 Å². The average molecular weight is 396 g/mol. The number of anilines is 1. The van der Waals surface area contributed by atoms with Crippen LogP contribution in [0.15, 0.2) is 42.6 Å². The Morgan fingerprint density at radius 3 is 2.07 bits per heavy atom. The van der Waals surface area contributed by atoms with Crippen molar-refractivity contribution in [2.24, 2.45) is 0 Å². The molecule has 3 heterocycles. The number of hydrogen-bond acceptors (Lipinski definition) is 6. The van der Waals surface area contributed by atoms with Crippen molar-refractivity contribution in [3.8, 4) is 0 Å². The van der Waals surface area contributed by atoms with Crippen LogP contribution in [0.4, 0.5) is 5.82 Å². The highest BCUT2D eigenvalue weighted by atomic mass is 16.4. The summed E-state index contributed by atoms with van der Waals surface area (Å²) in [6, 6.07) is 12.3. The van der Waals surface area contributed by atoms with Crippen LogP contribution >= 0.6 is 0 Å². The third-order valence-electron chi connectivity index (χ3n) is 5.73. The molecule has 0 atom stereocenters. The number of hydrogen-bond donors (Lipinski definition) is 2. The first kappa shape index (κ1) is 19.8. The van der Waals surface area contributed by atoms with Gasteiger partial charge in [-0.05, 0) is 23.3 Å². The van der Waals surface area contributed by atoms with Crippen molar-refractivity contribution in [1.29, 1.82) is 0 Å². The highest BCUT2D eigenvalue weighted by Crippen LogP contribution is 2.20. The van der Waals surface area contributed by atoms with Crippen molar-refractivity contribution in [3.63, 3.8) is 0 Å². The second-order valence-corrected chi connectivity index (χ2v) is 7.79. The van der Waals surface area contributed by atoms with Crippen molar-refractivity contribution >= 4 is 11.8 Å². The van der Waals surface area contributed by atoms with Crippen molar-refractivity contribution in [1.82, 2.24) is 20.1 Å². The second kappa shape index (κ2) is 9.35. The standard InChI is InChI=1S/C22H29N5O2/c28-22(29)20-2-1-7-24-21(20)27-14-12-26(13-15-27)17-19-5-3-18(4-6-19)16-25-10-8-23-9-11-25/h1-7,23H,8-17H2,(H,28,29). The first-order valence-electron chi connectivity index (χ1n) is 10.4. The van der Waals surface area contributed by atoms with Crippen molar-refractivity contribution in [3.05, 3.63) is 59.3 Å². The second-order valence-electron chi connectivity index (χ2n) is 7.79. The van der Waals surface area contributed by atoms with Gasteiger partial charge in [0, 0.05) is 71.6 Å². The minimum absolute atomic E-state index is 0.279. The van der Waals surface area contributed by atoms with Gasteiger partial charge in [-0.2, -0.15) is 0 Å². The van der Waals surface area contributed by atoms with E-state index in [0.29, 0.717) is 5.82 Å². The molecule has 0 aliphatic carbocycles. The number of aromatic carboxylic acids is 1. The molecule has 2 aliphatic heterocycles. The van der Waals surface area contributed by atoms with Crippen LogP contribution in [0.5, 0.6) is 0 Å². The quantitative estimate of drug-likeness (QED) is 0.768. The molecule has 1 aromatic carbocycles. The summed E-state index contributed by atoms with van der Waals surface area (Å²) in [7, 11) is 0. The molecule has 0 radical (unpaired) electrons. The fourth-order valence-corrected chi connectivity index (χ4v) is 4.07. The van der Waals surface area contributed by atoms with Gasteiger partial charge in [0.05, 0.1) is 0 Å². The van der Waals surface area contributed by atoms with E-state index in [-0.39, 0.29) is 5.56 Å². The molecule has 2 aromatic rings. The van der Waals surface area contributed by atoms with Gasteiger partial charge in [-0.15, -0.1) is 0 Å². The normalized spacial score (nSPS) is 18.7. The molecule has 154 valence electrons. The van der Waals surface area contributed by atoms with Crippen LogP contribution in [0.25, 0.3) is 0 Å². The Hall–Kier alpha value is -2.48.